The molecule has 0 atom stereocenters. The average molecular weight is 181 g/mol. The van der Waals surface area contributed by atoms with Crippen molar-refractivity contribution in [2.24, 2.45) is 10.8 Å². The van der Waals surface area contributed by atoms with Crippen molar-refractivity contribution >= 4 is 0 Å². The Morgan fingerprint density at radius 3 is 2.00 bits per heavy atom. The van der Waals surface area contributed by atoms with Crippen LogP contribution in [0.15, 0.2) is 0 Å². The Balaban J connectivity index is 4.05. The van der Waals surface area contributed by atoms with Gasteiger partial charge in [-0.2, -0.15) is 0 Å². The lowest BCUT2D eigenvalue weighted by Gasteiger charge is -2.21. The maximum Gasteiger partial charge on any atom is 0.0230 e. The van der Waals surface area contributed by atoms with Gasteiger partial charge in [0.2, 0.25) is 0 Å². The Morgan fingerprint density at radius 2 is 1.62 bits per heavy atom. The van der Waals surface area contributed by atoms with E-state index in [2.05, 4.69) is 51.8 Å². The van der Waals surface area contributed by atoms with E-state index < -0.39 is 0 Å². The van der Waals surface area contributed by atoms with Gasteiger partial charge >= 0.3 is 0 Å². The number of nitrogens with one attached hydrogen (secondary N) is 1. The van der Waals surface area contributed by atoms with Gasteiger partial charge in [0.15, 0.2) is 0 Å². The molecule has 76 valence electrons. The molecule has 0 unspecified atom stereocenters. The first-order valence-corrected chi connectivity index (χ1v) is 4.91. The van der Waals surface area contributed by atoms with Gasteiger partial charge in [0, 0.05) is 18.4 Å². The molecule has 0 amide bonds. The molecule has 0 saturated heterocycles. The first kappa shape index (κ1) is 12.5. The van der Waals surface area contributed by atoms with Crippen LogP contribution in [0.1, 0.15) is 41.0 Å². The highest BCUT2D eigenvalue weighted by Crippen LogP contribution is 2.18. The van der Waals surface area contributed by atoms with E-state index in [1.807, 2.05) is 7.05 Å². The lowest BCUT2D eigenvalue weighted by molar-refractivity contribution is 0.362. The molecule has 1 N–H and O–H groups in total. The first-order valence-electron chi connectivity index (χ1n) is 4.91. The second-order valence-corrected chi connectivity index (χ2v) is 5.42. The fourth-order valence-electron chi connectivity index (χ4n) is 1.09. The second-order valence-electron chi connectivity index (χ2n) is 5.42. The van der Waals surface area contributed by atoms with Crippen LogP contribution < -0.4 is 5.32 Å². The molecule has 1 nitrogen and oxygen atoms in total. The molecule has 13 heavy (non-hydrogen) atoms. The molecule has 0 saturated carbocycles. The van der Waals surface area contributed by atoms with Gasteiger partial charge < -0.3 is 5.32 Å². The zero-order valence-corrected chi connectivity index (χ0v) is 9.91. The van der Waals surface area contributed by atoms with Crippen LogP contribution in [-0.2, 0) is 0 Å². The summed E-state index contributed by atoms with van der Waals surface area (Å²) < 4.78 is 0. The summed E-state index contributed by atoms with van der Waals surface area (Å²) in [5.74, 6) is 6.52. The van der Waals surface area contributed by atoms with E-state index in [9.17, 15) is 0 Å². The predicted molar refractivity (Wildman–Crippen MR) is 59.6 cm³/mol. The van der Waals surface area contributed by atoms with Crippen LogP contribution in [0.4, 0.5) is 0 Å². The van der Waals surface area contributed by atoms with Gasteiger partial charge in [0.25, 0.3) is 0 Å². The summed E-state index contributed by atoms with van der Waals surface area (Å²) >= 11 is 0. The SMILES string of the molecule is CNCC(C)(C)CC#CC(C)(C)C. The van der Waals surface area contributed by atoms with E-state index in [1.54, 1.807) is 0 Å². The van der Waals surface area contributed by atoms with Gasteiger partial charge in [-0.3, -0.25) is 0 Å². The third kappa shape index (κ3) is 7.87. The molecule has 0 aliphatic carbocycles. The fourth-order valence-corrected chi connectivity index (χ4v) is 1.09. The van der Waals surface area contributed by atoms with E-state index in [0.29, 0.717) is 0 Å². The highest BCUT2D eigenvalue weighted by Gasteiger charge is 2.14. The minimum atomic E-state index is 0.135. The zero-order chi connectivity index (χ0) is 10.5. The summed E-state index contributed by atoms with van der Waals surface area (Å²) in [6.45, 7) is 11.9. The monoisotopic (exact) mass is 181 g/mol. The molecule has 0 heterocycles. The summed E-state index contributed by atoms with van der Waals surface area (Å²) in [7, 11) is 1.99. The van der Waals surface area contributed by atoms with Gasteiger partial charge in [0.1, 0.15) is 0 Å². The Morgan fingerprint density at radius 1 is 1.08 bits per heavy atom. The van der Waals surface area contributed by atoms with E-state index in [4.69, 9.17) is 0 Å². The second kappa shape index (κ2) is 4.67. The molecule has 1 heteroatoms. The topological polar surface area (TPSA) is 12.0 Å². The average Bonchev–Trinajstić information content (AvgIpc) is 1.82. The third-order valence-electron chi connectivity index (χ3n) is 1.69. The molecule has 0 radical (unpaired) electrons. The molecule has 0 rings (SSSR count). The van der Waals surface area contributed by atoms with E-state index in [-0.39, 0.29) is 10.8 Å². The smallest absolute Gasteiger partial charge is 0.0230 e. The highest BCUT2D eigenvalue weighted by molar-refractivity contribution is 5.08. The number of hydrogen-bond acceptors (Lipinski definition) is 1. The maximum absolute atomic E-state index is 3.26. The quantitative estimate of drug-likeness (QED) is 0.660. The van der Waals surface area contributed by atoms with Gasteiger partial charge in [-0.1, -0.05) is 19.8 Å². The maximum atomic E-state index is 3.26. The van der Waals surface area contributed by atoms with Crippen LogP contribution in [-0.4, -0.2) is 13.6 Å². The molecule has 0 aromatic heterocycles. The minimum absolute atomic E-state index is 0.135. The molecular weight excluding hydrogens is 158 g/mol. The molecule has 0 aliphatic rings. The predicted octanol–water partition coefficient (Wildman–Crippen LogP) is 2.67. The van der Waals surface area contributed by atoms with Crippen molar-refractivity contribution in [3.63, 3.8) is 0 Å². The lowest BCUT2D eigenvalue weighted by atomic mass is 9.88. The van der Waals surface area contributed by atoms with Crippen molar-refractivity contribution in [2.75, 3.05) is 13.6 Å². The van der Waals surface area contributed by atoms with E-state index in [0.717, 1.165) is 13.0 Å². The van der Waals surface area contributed by atoms with Crippen molar-refractivity contribution in [2.45, 2.75) is 41.0 Å². The van der Waals surface area contributed by atoms with Crippen molar-refractivity contribution in [3.8, 4) is 11.8 Å². The van der Waals surface area contributed by atoms with Crippen molar-refractivity contribution in [1.82, 2.24) is 5.32 Å². The Labute approximate surface area is 83.3 Å². The Kier molecular flexibility index (Phi) is 4.50. The highest BCUT2D eigenvalue weighted by atomic mass is 14.8. The third-order valence-corrected chi connectivity index (χ3v) is 1.69. The minimum Gasteiger partial charge on any atom is -0.319 e. The summed E-state index contributed by atoms with van der Waals surface area (Å²) in [5.41, 5.74) is 0.419. The summed E-state index contributed by atoms with van der Waals surface area (Å²) in [6, 6.07) is 0. The van der Waals surface area contributed by atoms with Crippen LogP contribution in [0, 0.1) is 22.7 Å². The number of hydrogen-bond donors (Lipinski definition) is 1. The van der Waals surface area contributed by atoms with Gasteiger partial charge in [0.05, 0.1) is 0 Å². The molecule has 0 aromatic rings. The van der Waals surface area contributed by atoms with Crippen LogP contribution in [0.25, 0.3) is 0 Å². The summed E-state index contributed by atoms with van der Waals surface area (Å²) in [4.78, 5) is 0. The van der Waals surface area contributed by atoms with Crippen molar-refractivity contribution < 1.29 is 0 Å². The summed E-state index contributed by atoms with van der Waals surface area (Å²) in [5, 5.41) is 3.19. The molecule has 0 spiro atoms. The van der Waals surface area contributed by atoms with Gasteiger partial charge in [-0.25, -0.2) is 0 Å². The van der Waals surface area contributed by atoms with Crippen LogP contribution in [0.3, 0.4) is 0 Å². The van der Waals surface area contributed by atoms with E-state index in [1.165, 1.54) is 0 Å². The fraction of sp³-hybridized carbons (Fsp3) is 0.833. The van der Waals surface area contributed by atoms with Crippen LogP contribution in [0.2, 0.25) is 0 Å². The van der Waals surface area contributed by atoms with E-state index >= 15 is 0 Å². The molecule has 0 fully saturated rings. The van der Waals surface area contributed by atoms with Gasteiger partial charge in [-0.15, -0.1) is 5.92 Å². The van der Waals surface area contributed by atoms with Crippen LogP contribution >= 0.6 is 0 Å². The van der Waals surface area contributed by atoms with Crippen molar-refractivity contribution in [1.29, 1.82) is 0 Å². The molecule has 0 aromatic carbocycles. The first-order chi connectivity index (χ1) is 5.77. The molecule has 0 aliphatic heterocycles. The molecule has 0 bridgehead atoms. The standard InChI is InChI=1S/C12H23N/c1-11(2,3)8-7-9-12(4,5)10-13-6/h13H,9-10H2,1-6H3. The normalized spacial score (nSPS) is 12.2. The Hall–Kier alpha value is -0.480. The van der Waals surface area contributed by atoms with Gasteiger partial charge in [-0.05, 0) is 33.2 Å². The zero-order valence-electron chi connectivity index (χ0n) is 9.91. The largest absolute Gasteiger partial charge is 0.319 e. The van der Waals surface area contributed by atoms with Crippen LogP contribution in [0.5, 0.6) is 0 Å². The van der Waals surface area contributed by atoms with Crippen molar-refractivity contribution in [3.05, 3.63) is 0 Å². The number of rotatable bonds is 3. The Bertz CT molecular complexity index is 197. The molecular formula is C12H23N. The lowest BCUT2D eigenvalue weighted by Crippen LogP contribution is -2.26. The summed E-state index contributed by atoms with van der Waals surface area (Å²) in [6.07, 6.45) is 0.963.